The Balaban J connectivity index is 2.16. The Morgan fingerprint density at radius 3 is 2.63 bits per heavy atom. The summed E-state index contributed by atoms with van der Waals surface area (Å²) in [6.45, 7) is 3.68. The molecule has 104 valence electrons. The van der Waals surface area contributed by atoms with Gasteiger partial charge in [-0.15, -0.1) is 11.6 Å². The van der Waals surface area contributed by atoms with Crippen LogP contribution < -0.4 is 10.2 Å². The molecule has 1 amide bonds. The maximum Gasteiger partial charge on any atom is 0.242 e. The molecular formula is C14H18Cl2N2O. The number of carbonyl (C=O) groups excluding carboxylic acids is 1. The lowest BCUT2D eigenvalue weighted by atomic mass is 10.1. The molecule has 1 fully saturated rings. The van der Waals surface area contributed by atoms with Gasteiger partial charge in [-0.2, -0.15) is 0 Å². The van der Waals surface area contributed by atoms with Crippen molar-refractivity contribution >= 4 is 40.5 Å². The Hall–Kier alpha value is -0.930. The number of hydrogen-bond acceptors (Lipinski definition) is 2. The Bertz CT molecular complexity index is 457. The second kappa shape index (κ2) is 6.49. The normalized spacial score (nSPS) is 17.1. The Morgan fingerprint density at radius 1 is 1.32 bits per heavy atom. The summed E-state index contributed by atoms with van der Waals surface area (Å²) in [7, 11) is 0. The van der Waals surface area contributed by atoms with Crippen LogP contribution in [-0.2, 0) is 4.79 Å². The van der Waals surface area contributed by atoms with Crippen LogP contribution in [0.5, 0.6) is 0 Å². The molecule has 19 heavy (non-hydrogen) atoms. The third-order valence-corrected chi connectivity index (χ3v) is 3.79. The van der Waals surface area contributed by atoms with Crippen LogP contribution in [0.2, 0.25) is 5.02 Å². The number of halogens is 2. The number of rotatable bonds is 3. The number of piperidine rings is 1. The Morgan fingerprint density at radius 2 is 2.00 bits per heavy atom. The molecule has 0 bridgehead atoms. The predicted molar refractivity (Wildman–Crippen MR) is 81.5 cm³/mol. The van der Waals surface area contributed by atoms with E-state index in [0.717, 1.165) is 29.5 Å². The van der Waals surface area contributed by atoms with E-state index in [0.29, 0.717) is 0 Å². The summed E-state index contributed by atoms with van der Waals surface area (Å²) in [5.74, 6) is -0.200. The fraction of sp³-hybridized carbons (Fsp3) is 0.500. The highest BCUT2D eigenvalue weighted by Crippen LogP contribution is 2.31. The second-order valence-electron chi connectivity index (χ2n) is 4.82. The van der Waals surface area contributed by atoms with E-state index in [9.17, 15) is 4.79 Å². The molecule has 1 saturated heterocycles. The smallest absolute Gasteiger partial charge is 0.242 e. The van der Waals surface area contributed by atoms with Gasteiger partial charge < -0.3 is 10.2 Å². The van der Waals surface area contributed by atoms with Crippen molar-refractivity contribution in [3.63, 3.8) is 0 Å². The predicted octanol–water partition coefficient (Wildman–Crippen LogP) is 3.90. The molecule has 1 aromatic rings. The van der Waals surface area contributed by atoms with Crippen LogP contribution in [0.4, 0.5) is 11.4 Å². The first-order valence-corrected chi connectivity index (χ1v) is 7.39. The minimum absolute atomic E-state index is 0.200. The summed E-state index contributed by atoms with van der Waals surface area (Å²) >= 11 is 12.0. The Labute approximate surface area is 123 Å². The average molecular weight is 301 g/mol. The third kappa shape index (κ3) is 3.77. The standard InChI is InChI=1S/C14H18Cl2N2O/c1-10(15)14(19)17-11-5-6-12(16)13(9-11)18-7-3-2-4-8-18/h5-6,9-10H,2-4,7-8H2,1H3,(H,17,19). The van der Waals surface area contributed by atoms with E-state index in [4.69, 9.17) is 23.2 Å². The van der Waals surface area contributed by atoms with Crippen LogP contribution in [-0.4, -0.2) is 24.4 Å². The van der Waals surface area contributed by atoms with Crippen molar-refractivity contribution in [3.05, 3.63) is 23.2 Å². The first-order chi connectivity index (χ1) is 9.08. The highest BCUT2D eigenvalue weighted by atomic mass is 35.5. The molecule has 5 heteroatoms. The summed E-state index contributed by atoms with van der Waals surface area (Å²) in [6, 6.07) is 5.54. The van der Waals surface area contributed by atoms with Crippen molar-refractivity contribution < 1.29 is 4.79 Å². The van der Waals surface area contributed by atoms with Crippen LogP contribution in [0.15, 0.2) is 18.2 Å². The van der Waals surface area contributed by atoms with Gasteiger partial charge in [0, 0.05) is 18.8 Å². The van der Waals surface area contributed by atoms with E-state index in [1.807, 2.05) is 12.1 Å². The fourth-order valence-electron chi connectivity index (χ4n) is 2.21. The summed E-state index contributed by atoms with van der Waals surface area (Å²) < 4.78 is 0. The molecule has 1 aromatic carbocycles. The highest BCUT2D eigenvalue weighted by Gasteiger charge is 2.15. The van der Waals surface area contributed by atoms with Crippen molar-refractivity contribution in [2.45, 2.75) is 31.6 Å². The van der Waals surface area contributed by atoms with Crippen LogP contribution in [0.3, 0.4) is 0 Å². The lowest BCUT2D eigenvalue weighted by molar-refractivity contribution is -0.115. The summed E-state index contributed by atoms with van der Waals surface area (Å²) in [5.41, 5.74) is 1.73. The van der Waals surface area contributed by atoms with Crippen LogP contribution in [0.25, 0.3) is 0 Å². The Kier molecular flexibility index (Phi) is 4.94. The first kappa shape index (κ1) is 14.5. The van der Waals surface area contributed by atoms with Crippen LogP contribution in [0, 0.1) is 0 Å². The van der Waals surface area contributed by atoms with Crippen molar-refractivity contribution in [2.75, 3.05) is 23.3 Å². The highest BCUT2D eigenvalue weighted by molar-refractivity contribution is 6.34. The lowest BCUT2D eigenvalue weighted by Crippen LogP contribution is -2.29. The zero-order chi connectivity index (χ0) is 13.8. The van der Waals surface area contributed by atoms with Gasteiger partial charge in [-0.3, -0.25) is 4.79 Å². The molecule has 3 nitrogen and oxygen atoms in total. The number of anilines is 2. The monoisotopic (exact) mass is 300 g/mol. The topological polar surface area (TPSA) is 32.3 Å². The van der Waals surface area contributed by atoms with Crippen molar-refractivity contribution in [1.29, 1.82) is 0 Å². The molecule has 1 atom stereocenters. The van der Waals surface area contributed by atoms with Gasteiger partial charge in [0.15, 0.2) is 0 Å². The number of nitrogens with one attached hydrogen (secondary N) is 1. The third-order valence-electron chi connectivity index (χ3n) is 3.27. The quantitative estimate of drug-likeness (QED) is 0.859. The van der Waals surface area contributed by atoms with Crippen molar-refractivity contribution in [1.82, 2.24) is 0 Å². The maximum absolute atomic E-state index is 11.6. The molecule has 2 rings (SSSR count). The lowest BCUT2D eigenvalue weighted by Gasteiger charge is -2.30. The van der Waals surface area contributed by atoms with Crippen LogP contribution >= 0.6 is 23.2 Å². The summed E-state index contributed by atoms with van der Waals surface area (Å²) in [4.78, 5) is 13.9. The number of hydrogen-bond donors (Lipinski definition) is 1. The molecule has 0 spiro atoms. The minimum Gasteiger partial charge on any atom is -0.370 e. The molecule has 1 heterocycles. The molecule has 0 radical (unpaired) electrons. The van der Waals surface area contributed by atoms with Gasteiger partial charge >= 0.3 is 0 Å². The number of alkyl halides is 1. The average Bonchev–Trinajstić information content (AvgIpc) is 2.41. The number of nitrogens with zero attached hydrogens (tertiary/aromatic N) is 1. The molecule has 1 unspecified atom stereocenters. The molecule has 1 aliphatic heterocycles. The largest absolute Gasteiger partial charge is 0.370 e. The van der Waals surface area contributed by atoms with E-state index in [2.05, 4.69) is 10.2 Å². The summed E-state index contributed by atoms with van der Waals surface area (Å²) in [6.07, 6.45) is 3.64. The first-order valence-electron chi connectivity index (χ1n) is 6.57. The minimum atomic E-state index is -0.547. The van der Waals surface area contributed by atoms with Gasteiger partial charge in [0.05, 0.1) is 10.7 Å². The molecule has 0 aliphatic carbocycles. The maximum atomic E-state index is 11.6. The second-order valence-corrected chi connectivity index (χ2v) is 5.88. The van der Waals surface area contributed by atoms with Crippen molar-refractivity contribution in [3.8, 4) is 0 Å². The number of benzene rings is 1. The van der Waals surface area contributed by atoms with Gasteiger partial charge in [0.25, 0.3) is 0 Å². The van der Waals surface area contributed by atoms with Gasteiger partial charge in [-0.25, -0.2) is 0 Å². The summed E-state index contributed by atoms with van der Waals surface area (Å²) in [5, 5.41) is 2.97. The molecule has 1 aliphatic rings. The molecule has 0 aromatic heterocycles. The van der Waals surface area contributed by atoms with E-state index in [-0.39, 0.29) is 5.91 Å². The molecule has 1 N–H and O–H groups in total. The molecule has 0 saturated carbocycles. The van der Waals surface area contributed by atoms with E-state index in [1.54, 1.807) is 13.0 Å². The zero-order valence-corrected chi connectivity index (χ0v) is 12.5. The zero-order valence-electron chi connectivity index (χ0n) is 11.0. The van der Waals surface area contributed by atoms with Gasteiger partial charge in [0.2, 0.25) is 5.91 Å². The number of amides is 1. The van der Waals surface area contributed by atoms with Gasteiger partial charge in [-0.1, -0.05) is 11.6 Å². The molecular weight excluding hydrogens is 283 g/mol. The fourth-order valence-corrected chi connectivity index (χ4v) is 2.50. The van der Waals surface area contributed by atoms with E-state index < -0.39 is 5.38 Å². The van der Waals surface area contributed by atoms with E-state index >= 15 is 0 Å². The van der Waals surface area contributed by atoms with E-state index in [1.165, 1.54) is 19.3 Å². The van der Waals surface area contributed by atoms with Gasteiger partial charge in [0.1, 0.15) is 5.38 Å². The van der Waals surface area contributed by atoms with Gasteiger partial charge in [-0.05, 0) is 44.4 Å². The SMILES string of the molecule is CC(Cl)C(=O)Nc1ccc(Cl)c(N2CCCCC2)c1. The van der Waals surface area contributed by atoms with Crippen LogP contribution in [0.1, 0.15) is 26.2 Å². The number of carbonyl (C=O) groups is 1. The van der Waals surface area contributed by atoms with Crippen molar-refractivity contribution in [2.24, 2.45) is 0 Å².